The van der Waals surface area contributed by atoms with E-state index in [4.69, 9.17) is 0 Å². The summed E-state index contributed by atoms with van der Waals surface area (Å²) in [7, 11) is -0.388. The molecule has 27 heavy (non-hydrogen) atoms. The van der Waals surface area contributed by atoms with Crippen LogP contribution in [0, 0.1) is 6.92 Å². The molecule has 0 bridgehead atoms. The van der Waals surface area contributed by atoms with Gasteiger partial charge in [0.25, 0.3) is 0 Å². The monoisotopic (exact) mass is 384 g/mol. The van der Waals surface area contributed by atoms with Crippen LogP contribution in [-0.2, 0) is 10.1 Å². The van der Waals surface area contributed by atoms with Gasteiger partial charge >= 0.3 is 0 Å². The summed E-state index contributed by atoms with van der Waals surface area (Å²) in [5.41, 5.74) is 3.24. The summed E-state index contributed by atoms with van der Waals surface area (Å²) in [6.07, 6.45) is 3.82. The Labute approximate surface area is 161 Å². The van der Waals surface area contributed by atoms with Gasteiger partial charge in [-0.25, -0.2) is 13.4 Å². The molecule has 1 atom stereocenters. The molecule has 142 valence electrons. The van der Waals surface area contributed by atoms with Crippen LogP contribution in [0.3, 0.4) is 0 Å². The highest BCUT2D eigenvalue weighted by Gasteiger charge is 2.20. The van der Waals surface area contributed by atoms with Gasteiger partial charge in [-0.2, -0.15) is 0 Å². The van der Waals surface area contributed by atoms with Crippen LogP contribution >= 0.6 is 0 Å². The molecule has 1 N–H and O–H groups in total. The van der Waals surface area contributed by atoms with E-state index in [-0.39, 0.29) is 0 Å². The smallest absolute Gasteiger partial charge is 0.169 e. The van der Waals surface area contributed by atoms with Gasteiger partial charge < -0.3 is 9.45 Å². The number of anilines is 1. The van der Waals surface area contributed by atoms with Crippen molar-refractivity contribution in [1.82, 2.24) is 0 Å². The first-order valence-corrected chi connectivity index (χ1v) is 9.96. The number of hydrogen-bond acceptors (Lipinski definition) is 4. The molecule has 6 heteroatoms. The second-order valence-corrected chi connectivity index (χ2v) is 7.80. The first kappa shape index (κ1) is 20.6. The van der Waals surface area contributed by atoms with Gasteiger partial charge in [0, 0.05) is 31.9 Å². The summed E-state index contributed by atoms with van der Waals surface area (Å²) in [5, 5.41) is -1.14. The van der Waals surface area contributed by atoms with Crippen LogP contribution in [-0.4, -0.2) is 27.1 Å². The number of rotatable bonds is 4. The largest absolute Gasteiger partial charge is 0.747 e. The number of pyridine rings is 1. The molecule has 0 amide bonds. The molecular weight excluding hydrogens is 360 g/mol. The minimum Gasteiger partial charge on any atom is -0.747 e. The molecule has 5 nitrogen and oxygen atoms in total. The molecule has 0 fully saturated rings. The van der Waals surface area contributed by atoms with E-state index in [1.807, 2.05) is 45.5 Å². The molecule has 0 aliphatic rings. The Morgan fingerprint density at radius 3 is 1.81 bits per heavy atom. The SMILES string of the molecule is CN(C)c1cc[nH+]cc1.Cc1ccc(C(c2ccccc2)S(=O)(=O)[O-])cc1. The van der Waals surface area contributed by atoms with Crippen molar-refractivity contribution in [1.29, 1.82) is 0 Å². The zero-order chi connectivity index (χ0) is 19.9. The molecule has 0 aliphatic heterocycles. The van der Waals surface area contributed by atoms with Gasteiger partial charge in [-0.15, -0.1) is 0 Å². The third-order valence-corrected chi connectivity index (χ3v) is 5.11. The van der Waals surface area contributed by atoms with Gasteiger partial charge in [-0.3, -0.25) is 0 Å². The zero-order valence-corrected chi connectivity index (χ0v) is 16.5. The number of benzene rings is 2. The maximum atomic E-state index is 11.5. The lowest BCUT2D eigenvalue weighted by Gasteiger charge is -2.21. The fraction of sp³-hybridized carbons (Fsp3) is 0.190. The molecule has 2 aromatic carbocycles. The van der Waals surface area contributed by atoms with Crippen molar-refractivity contribution in [3.63, 3.8) is 0 Å². The third kappa shape index (κ3) is 6.20. The molecule has 0 saturated heterocycles. The summed E-state index contributed by atoms with van der Waals surface area (Å²) in [6, 6.07) is 19.6. The Morgan fingerprint density at radius 2 is 1.37 bits per heavy atom. The predicted molar refractivity (Wildman–Crippen MR) is 106 cm³/mol. The number of nitrogens with one attached hydrogen (secondary N) is 1. The van der Waals surface area contributed by atoms with Crippen LogP contribution in [0.2, 0.25) is 0 Å². The Hall–Kier alpha value is -2.70. The molecule has 0 spiro atoms. The fourth-order valence-electron chi connectivity index (χ4n) is 2.57. The van der Waals surface area contributed by atoms with E-state index in [1.54, 1.807) is 54.6 Å². The Balaban J connectivity index is 0.000000244. The predicted octanol–water partition coefficient (Wildman–Crippen LogP) is 3.20. The average Bonchev–Trinajstić information content (AvgIpc) is 2.65. The second-order valence-electron chi connectivity index (χ2n) is 6.35. The summed E-state index contributed by atoms with van der Waals surface area (Å²) in [5.74, 6) is 0. The molecule has 1 unspecified atom stereocenters. The van der Waals surface area contributed by atoms with E-state index >= 15 is 0 Å². The van der Waals surface area contributed by atoms with Gasteiger partial charge in [-0.05, 0) is 18.1 Å². The van der Waals surface area contributed by atoms with Crippen molar-refractivity contribution in [2.75, 3.05) is 19.0 Å². The van der Waals surface area contributed by atoms with Crippen LogP contribution in [0.5, 0.6) is 0 Å². The molecule has 1 aromatic heterocycles. The Morgan fingerprint density at radius 1 is 0.852 bits per heavy atom. The minimum absolute atomic E-state index is 0.497. The first-order valence-electron chi connectivity index (χ1n) is 8.48. The Kier molecular flexibility index (Phi) is 7.10. The zero-order valence-electron chi connectivity index (χ0n) is 15.7. The summed E-state index contributed by atoms with van der Waals surface area (Å²) >= 11 is 0. The third-order valence-electron chi connectivity index (χ3n) is 3.99. The number of aromatic nitrogens is 1. The number of nitrogens with zero attached hydrogens (tertiary/aromatic N) is 1. The second kappa shape index (κ2) is 9.30. The summed E-state index contributed by atoms with van der Waals surface area (Å²) < 4.78 is 34.4. The number of H-pyrrole nitrogens is 1. The van der Waals surface area contributed by atoms with E-state index in [2.05, 4.69) is 9.88 Å². The van der Waals surface area contributed by atoms with E-state index in [0.717, 1.165) is 5.56 Å². The Bertz CT molecular complexity index is 926. The first-order chi connectivity index (χ1) is 12.8. The molecule has 3 rings (SSSR count). The van der Waals surface area contributed by atoms with E-state index in [9.17, 15) is 13.0 Å². The van der Waals surface area contributed by atoms with Crippen molar-refractivity contribution >= 4 is 15.8 Å². The standard InChI is InChI=1S/C14H14O3S.C7H10N2/c1-11-7-9-13(10-8-11)14(18(15,16)17)12-5-3-2-4-6-12;1-9(2)7-3-5-8-6-4-7/h2-10,14H,1H3,(H,15,16,17);3-6H,1-2H3. The summed E-state index contributed by atoms with van der Waals surface area (Å²) in [6.45, 7) is 1.91. The van der Waals surface area contributed by atoms with Gasteiger partial charge in [0.2, 0.25) is 0 Å². The highest BCUT2D eigenvalue weighted by Crippen LogP contribution is 2.29. The minimum atomic E-state index is -4.43. The van der Waals surface area contributed by atoms with Crippen LogP contribution in [0.1, 0.15) is 21.9 Å². The summed E-state index contributed by atoms with van der Waals surface area (Å²) in [4.78, 5) is 5.02. The number of hydrogen-bond donors (Lipinski definition) is 0. The maximum Gasteiger partial charge on any atom is 0.169 e. The quantitative estimate of drug-likeness (QED) is 0.648. The van der Waals surface area contributed by atoms with Gasteiger partial charge in [-0.1, -0.05) is 60.2 Å². The lowest BCUT2D eigenvalue weighted by atomic mass is 10.0. The van der Waals surface area contributed by atoms with Crippen molar-refractivity contribution in [3.05, 3.63) is 95.8 Å². The molecule has 3 aromatic rings. The fourth-order valence-corrected chi connectivity index (χ4v) is 3.55. The van der Waals surface area contributed by atoms with Crippen molar-refractivity contribution < 1.29 is 18.0 Å². The number of aromatic amines is 1. The van der Waals surface area contributed by atoms with Crippen molar-refractivity contribution in [2.45, 2.75) is 12.2 Å². The lowest BCUT2D eigenvalue weighted by Crippen LogP contribution is -2.13. The number of aryl methyl sites for hydroxylation is 1. The highest BCUT2D eigenvalue weighted by atomic mass is 32.2. The average molecular weight is 385 g/mol. The van der Waals surface area contributed by atoms with E-state index in [1.165, 1.54) is 5.69 Å². The normalized spacial score (nSPS) is 11.9. The van der Waals surface area contributed by atoms with Crippen molar-refractivity contribution in [2.24, 2.45) is 0 Å². The van der Waals surface area contributed by atoms with Gasteiger partial charge in [0.1, 0.15) is 10.1 Å². The lowest BCUT2D eigenvalue weighted by molar-refractivity contribution is -0.377. The van der Waals surface area contributed by atoms with Gasteiger partial charge in [0.15, 0.2) is 12.4 Å². The molecule has 0 saturated carbocycles. The maximum absolute atomic E-state index is 11.5. The molecule has 1 heterocycles. The van der Waals surface area contributed by atoms with E-state index in [0.29, 0.717) is 11.1 Å². The van der Waals surface area contributed by atoms with Crippen LogP contribution in [0.15, 0.2) is 79.1 Å². The van der Waals surface area contributed by atoms with E-state index < -0.39 is 15.4 Å². The molecule has 0 aliphatic carbocycles. The topological polar surface area (TPSA) is 74.6 Å². The molecule has 0 radical (unpaired) electrons. The molecular formula is C21H24N2O3S. The van der Waals surface area contributed by atoms with Gasteiger partial charge in [0.05, 0.1) is 5.25 Å². The van der Waals surface area contributed by atoms with Crippen LogP contribution in [0.25, 0.3) is 0 Å². The van der Waals surface area contributed by atoms with Crippen molar-refractivity contribution in [3.8, 4) is 0 Å². The highest BCUT2D eigenvalue weighted by molar-refractivity contribution is 7.86. The van der Waals surface area contributed by atoms with Crippen LogP contribution in [0.4, 0.5) is 5.69 Å². The van der Waals surface area contributed by atoms with Crippen LogP contribution < -0.4 is 9.88 Å².